The largest absolute Gasteiger partial charge is 0.504 e. The molecule has 44 heavy (non-hydrogen) atoms. The van der Waals surface area contributed by atoms with Crippen molar-refractivity contribution >= 4 is 22.7 Å². The van der Waals surface area contributed by atoms with Crippen LogP contribution >= 0.6 is 0 Å². The predicted octanol–water partition coefficient (Wildman–Crippen LogP) is 0.581. The van der Waals surface area contributed by atoms with Crippen LogP contribution in [0.2, 0.25) is 0 Å². The normalized spacial score (nSPS) is 19.0. The highest BCUT2D eigenvalue weighted by atomic mass is 16.6. The maximum atomic E-state index is 14.0. The number of hydrogen-bond donors (Lipinski definition) is 11. The molecule has 6 bridgehead atoms. The van der Waals surface area contributed by atoms with Crippen LogP contribution in [0.25, 0.3) is 33.0 Å². The Morgan fingerprint density at radius 3 is 1.82 bits per heavy atom. The molecule has 11 N–H and O–H groups in total. The lowest BCUT2D eigenvalue weighted by atomic mass is 9.84. The first kappa shape index (κ1) is 28.1. The van der Waals surface area contributed by atoms with Gasteiger partial charge in [-0.2, -0.15) is 0 Å². The third-order valence-electron chi connectivity index (χ3n) is 7.41. The highest BCUT2D eigenvalue weighted by molar-refractivity contribution is 6.17. The van der Waals surface area contributed by atoms with Gasteiger partial charge in [0.1, 0.15) is 6.10 Å². The van der Waals surface area contributed by atoms with Crippen LogP contribution in [0, 0.1) is 0 Å². The predicted molar refractivity (Wildman–Crippen MR) is 139 cm³/mol. The monoisotopic (exact) mass is 614 g/mol. The summed E-state index contributed by atoms with van der Waals surface area (Å²) in [6, 6.07) is 1.27. The zero-order valence-electron chi connectivity index (χ0n) is 21.5. The van der Waals surface area contributed by atoms with E-state index >= 15 is 0 Å². The van der Waals surface area contributed by atoms with E-state index in [0.717, 1.165) is 6.07 Å². The number of benzene rings is 3. The van der Waals surface area contributed by atoms with Gasteiger partial charge in [-0.15, -0.1) is 0 Å². The number of carbonyl (C=O) groups is 2. The zero-order valence-corrected chi connectivity index (χ0v) is 21.5. The van der Waals surface area contributed by atoms with Gasteiger partial charge < -0.3 is 70.1 Å². The Bertz CT molecular complexity index is 2040. The van der Waals surface area contributed by atoms with Crippen LogP contribution in [0.5, 0.6) is 51.7 Å². The number of phenolic OH excluding ortho intramolecular Hbond substituents is 9. The molecule has 0 fully saturated rings. The van der Waals surface area contributed by atoms with Crippen LogP contribution in [0.15, 0.2) is 21.3 Å². The zero-order chi connectivity index (χ0) is 32.1. The lowest BCUT2D eigenvalue weighted by Crippen LogP contribution is -2.40. The quantitative estimate of drug-likeness (QED) is 0.103. The fraction of sp³-hybridized carbons (Fsp3) is 0.148. The Balaban J connectivity index is 1.98. The van der Waals surface area contributed by atoms with E-state index in [2.05, 4.69) is 0 Å². The molecule has 0 radical (unpaired) electrons. The molecule has 228 valence electrons. The number of cyclic esters (lactones) is 1. The molecule has 7 rings (SSSR count). The summed E-state index contributed by atoms with van der Waals surface area (Å²) in [5.74, 6) is -16.2. The van der Waals surface area contributed by atoms with Crippen molar-refractivity contribution in [2.24, 2.45) is 0 Å². The minimum atomic E-state index is -2.30. The minimum Gasteiger partial charge on any atom is -0.504 e. The number of aliphatic hydroxyl groups is 2. The van der Waals surface area contributed by atoms with E-state index in [-0.39, 0.29) is 0 Å². The molecule has 3 aromatic carbocycles. The van der Waals surface area contributed by atoms with E-state index in [0.29, 0.717) is 6.07 Å². The summed E-state index contributed by atoms with van der Waals surface area (Å²) in [5.41, 5.74) is -7.89. The summed E-state index contributed by atoms with van der Waals surface area (Å²) in [7, 11) is 0. The van der Waals surface area contributed by atoms with E-state index in [1.54, 1.807) is 0 Å². The lowest BCUT2D eigenvalue weighted by Gasteiger charge is -2.29. The number of carbonyl (C=O) groups excluding carboxylic acids is 2. The highest BCUT2D eigenvalue weighted by Crippen LogP contribution is 2.60. The van der Waals surface area contributed by atoms with Crippen LogP contribution in [0.4, 0.5) is 0 Å². The molecule has 0 aliphatic carbocycles. The van der Waals surface area contributed by atoms with Crippen molar-refractivity contribution in [3.63, 3.8) is 0 Å². The smallest absolute Gasteiger partial charge is 0.344 e. The van der Waals surface area contributed by atoms with Crippen molar-refractivity contribution < 1.29 is 79.7 Å². The van der Waals surface area contributed by atoms with Crippen molar-refractivity contribution in [2.75, 3.05) is 6.61 Å². The summed E-state index contributed by atoms with van der Waals surface area (Å²) < 4.78 is 15.7. The van der Waals surface area contributed by atoms with Crippen LogP contribution < -0.4 is 5.63 Å². The topological polar surface area (TPSA) is 305 Å². The number of aliphatic hydroxyl groups excluding tert-OH is 2. The molecule has 3 atom stereocenters. The van der Waals surface area contributed by atoms with Gasteiger partial charge in [-0.3, -0.25) is 0 Å². The maximum absolute atomic E-state index is 14.0. The number of ether oxygens (including phenoxy) is 2. The molecule has 0 saturated carbocycles. The molecule has 17 nitrogen and oxygen atoms in total. The third kappa shape index (κ3) is 3.50. The van der Waals surface area contributed by atoms with Crippen LogP contribution in [-0.2, 0) is 9.47 Å². The van der Waals surface area contributed by atoms with Crippen molar-refractivity contribution in [2.45, 2.75) is 18.3 Å². The van der Waals surface area contributed by atoms with Crippen LogP contribution in [0.1, 0.15) is 32.6 Å². The molecule has 4 aromatic rings. The van der Waals surface area contributed by atoms with E-state index in [1.807, 2.05) is 0 Å². The minimum absolute atomic E-state index is 0.489. The summed E-state index contributed by atoms with van der Waals surface area (Å²) in [6.07, 6.45) is -6.55. The Labute approximate surface area is 241 Å². The lowest BCUT2D eigenvalue weighted by molar-refractivity contribution is -0.0982. The first-order valence-electron chi connectivity index (χ1n) is 12.3. The van der Waals surface area contributed by atoms with Crippen molar-refractivity contribution in [3.8, 4) is 74.0 Å². The van der Waals surface area contributed by atoms with E-state index in [4.69, 9.17) is 13.9 Å². The second-order valence-corrected chi connectivity index (χ2v) is 9.77. The highest BCUT2D eigenvalue weighted by Gasteiger charge is 2.44. The van der Waals surface area contributed by atoms with Crippen LogP contribution in [0.3, 0.4) is 0 Å². The van der Waals surface area contributed by atoms with E-state index in [1.165, 1.54) is 0 Å². The van der Waals surface area contributed by atoms with Gasteiger partial charge in [0, 0.05) is 27.6 Å². The van der Waals surface area contributed by atoms with Crippen molar-refractivity contribution in [3.05, 3.63) is 39.4 Å². The van der Waals surface area contributed by atoms with Gasteiger partial charge in [0.05, 0.1) is 23.1 Å². The van der Waals surface area contributed by atoms with E-state index < -0.39 is 144 Å². The summed E-state index contributed by atoms with van der Waals surface area (Å²) in [6.45, 7) is -1.20. The van der Waals surface area contributed by atoms with E-state index in [9.17, 15) is 70.6 Å². The standard InChI is InChI=1S/C27H18O17/c28-3-8-17(32)24-7-2-4-10(26(40)42-7)12(20(35)22(37)15(4)30)13-14(27(41)44-24)11(19(34)23(38)21(13)36)9-5(25(39)43-8)1-6(29)16(31)18(9)33/h1-2,8,17,24,28-38H,3H2/t8?,17-,24-/m1/s1. The fourth-order valence-electron chi connectivity index (χ4n) is 5.34. The first-order chi connectivity index (χ1) is 20.7. The average molecular weight is 614 g/mol. The number of phenols is 9. The van der Waals surface area contributed by atoms with Gasteiger partial charge in [-0.1, -0.05) is 0 Å². The Morgan fingerprint density at radius 1 is 0.614 bits per heavy atom. The molecule has 17 heteroatoms. The van der Waals surface area contributed by atoms with Crippen LogP contribution in [-0.4, -0.2) is 86.9 Å². The average Bonchev–Trinajstić information content (AvgIpc) is 3.00. The Hall–Kier alpha value is -6.07. The molecule has 1 unspecified atom stereocenters. The molecule has 0 spiro atoms. The SMILES string of the molecule is O=C1OC(CO)[C@@H](O)[C@@H]2OC(=O)c3c(c(O)c(O)c(O)c3-c3c(O)c(O)c(O)c4cc2oc(=O)c34)-c2c1cc(O)c(O)c2O. The number of hydrogen-bond acceptors (Lipinski definition) is 17. The first-order valence-corrected chi connectivity index (χ1v) is 12.3. The molecule has 0 saturated heterocycles. The fourth-order valence-corrected chi connectivity index (χ4v) is 5.34. The summed E-state index contributed by atoms with van der Waals surface area (Å²) >= 11 is 0. The van der Waals surface area contributed by atoms with Gasteiger partial charge in [0.15, 0.2) is 52.5 Å². The molecule has 4 heterocycles. The molecular weight excluding hydrogens is 596 g/mol. The number of fused-ring (bicyclic) bond motifs is 3. The third-order valence-corrected chi connectivity index (χ3v) is 7.41. The maximum Gasteiger partial charge on any atom is 0.344 e. The van der Waals surface area contributed by atoms with Crippen molar-refractivity contribution in [1.82, 2.24) is 0 Å². The number of rotatable bonds is 1. The van der Waals surface area contributed by atoms with Gasteiger partial charge in [-0.05, 0) is 12.1 Å². The van der Waals surface area contributed by atoms with Gasteiger partial charge in [0.25, 0.3) is 0 Å². The Morgan fingerprint density at radius 2 is 1.18 bits per heavy atom. The molecule has 3 aliphatic heterocycles. The van der Waals surface area contributed by atoms with Crippen molar-refractivity contribution in [1.29, 1.82) is 0 Å². The second kappa shape index (κ2) is 9.21. The molecule has 3 aliphatic rings. The van der Waals surface area contributed by atoms with Gasteiger partial charge in [-0.25, -0.2) is 14.4 Å². The van der Waals surface area contributed by atoms with Gasteiger partial charge >= 0.3 is 17.6 Å². The summed E-state index contributed by atoms with van der Waals surface area (Å²) in [5, 5.41) is 116. The molecular formula is C27H18O17. The number of esters is 2. The Kier molecular flexibility index (Phi) is 5.88. The molecule has 1 aromatic heterocycles. The molecule has 0 amide bonds. The van der Waals surface area contributed by atoms with Gasteiger partial charge in [0.2, 0.25) is 17.2 Å². The summed E-state index contributed by atoms with van der Waals surface area (Å²) in [4.78, 5) is 40.7. The second-order valence-electron chi connectivity index (χ2n) is 9.77. The number of aromatic hydroxyl groups is 9.